The molecule has 1 fully saturated rings. The van der Waals surface area contributed by atoms with Gasteiger partial charge in [-0.3, -0.25) is 4.90 Å². The minimum absolute atomic E-state index is 0.470. The summed E-state index contributed by atoms with van der Waals surface area (Å²) in [4.78, 5) is 4.17. The van der Waals surface area contributed by atoms with Crippen LogP contribution in [0.3, 0.4) is 0 Å². The van der Waals surface area contributed by atoms with E-state index in [1.54, 1.807) is 0 Å². The van der Waals surface area contributed by atoms with Gasteiger partial charge in [-0.2, -0.15) is 0 Å². The molecule has 0 spiro atoms. The molecule has 1 saturated heterocycles. The van der Waals surface area contributed by atoms with Crippen molar-refractivity contribution in [2.75, 3.05) is 19.6 Å². The van der Waals surface area contributed by atoms with Crippen molar-refractivity contribution in [2.24, 2.45) is 0 Å². The highest BCUT2D eigenvalue weighted by molar-refractivity contribution is 7.09. The van der Waals surface area contributed by atoms with E-state index in [9.17, 15) is 0 Å². The Kier molecular flexibility index (Phi) is 5.07. The maximum absolute atomic E-state index is 3.72. The van der Waals surface area contributed by atoms with E-state index in [4.69, 9.17) is 0 Å². The lowest BCUT2D eigenvalue weighted by Gasteiger charge is -2.40. The van der Waals surface area contributed by atoms with Crippen LogP contribution in [-0.4, -0.2) is 30.6 Å². The van der Waals surface area contributed by atoms with E-state index < -0.39 is 0 Å². The van der Waals surface area contributed by atoms with E-state index in [1.165, 1.54) is 29.8 Å². The Balaban J connectivity index is 1.64. The molecule has 0 aliphatic carbocycles. The Morgan fingerprint density at radius 3 is 2.76 bits per heavy atom. The van der Waals surface area contributed by atoms with Crippen LogP contribution in [0.25, 0.3) is 0 Å². The van der Waals surface area contributed by atoms with Crippen molar-refractivity contribution in [2.45, 2.75) is 31.8 Å². The highest BCUT2D eigenvalue weighted by Gasteiger charge is 2.27. The molecular weight excluding hydrogens is 276 g/mol. The predicted molar refractivity (Wildman–Crippen MR) is 90.9 cm³/mol. The Hall–Kier alpha value is -1.16. The summed E-state index contributed by atoms with van der Waals surface area (Å²) < 4.78 is 0. The maximum Gasteiger partial charge on any atom is 0.0449 e. The molecule has 1 aromatic heterocycles. The number of rotatable bonds is 5. The van der Waals surface area contributed by atoms with Crippen molar-refractivity contribution in [1.82, 2.24) is 10.2 Å². The third-order valence-corrected chi connectivity index (χ3v) is 5.37. The molecule has 3 rings (SSSR count). The molecule has 0 amide bonds. The zero-order chi connectivity index (χ0) is 14.5. The van der Waals surface area contributed by atoms with Gasteiger partial charge in [-0.05, 0) is 29.9 Å². The second kappa shape index (κ2) is 7.21. The van der Waals surface area contributed by atoms with E-state index in [1.807, 2.05) is 11.3 Å². The molecule has 1 aromatic carbocycles. The minimum Gasteiger partial charge on any atom is -0.307 e. The van der Waals surface area contributed by atoms with Crippen LogP contribution < -0.4 is 5.32 Å². The first-order valence-electron chi connectivity index (χ1n) is 7.91. The van der Waals surface area contributed by atoms with Gasteiger partial charge in [0.25, 0.3) is 0 Å². The van der Waals surface area contributed by atoms with Crippen LogP contribution in [0, 0.1) is 0 Å². The summed E-state index contributed by atoms with van der Waals surface area (Å²) in [5.41, 5.74) is 1.41. The van der Waals surface area contributed by atoms with Crippen LogP contribution in [0.4, 0.5) is 0 Å². The third kappa shape index (κ3) is 3.73. The zero-order valence-corrected chi connectivity index (χ0v) is 13.5. The summed E-state index contributed by atoms with van der Waals surface area (Å²) in [7, 11) is 0. The SMILES string of the molecule is CCC1CNC(c2ccccc2)CN1CCc1cccs1. The average molecular weight is 300 g/mol. The van der Waals surface area contributed by atoms with Crippen LogP contribution >= 0.6 is 11.3 Å². The van der Waals surface area contributed by atoms with Crippen LogP contribution in [-0.2, 0) is 6.42 Å². The fourth-order valence-electron chi connectivity index (χ4n) is 3.15. The van der Waals surface area contributed by atoms with Gasteiger partial charge in [0.1, 0.15) is 0 Å². The molecule has 0 saturated carbocycles. The van der Waals surface area contributed by atoms with Crippen molar-refractivity contribution < 1.29 is 0 Å². The summed E-state index contributed by atoms with van der Waals surface area (Å²) >= 11 is 1.88. The number of hydrogen-bond donors (Lipinski definition) is 1. The summed E-state index contributed by atoms with van der Waals surface area (Å²) in [6.45, 7) is 5.69. The molecule has 0 radical (unpaired) electrons. The molecular formula is C18H24N2S. The quantitative estimate of drug-likeness (QED) is 0.905. The van der Waals surface area contributed by atoms with Crippen LogP contribution in [0.5, 0.6) is 0 Å². The normalized spacial score (nSPS) is 23.3. The van der Waals surface area contributed by atoms with Gasteiger partial charge in [0.2, 0.25) is 0 Å². The lowest BCUT2D eigenvalue weighted by molar-refractivity contribution is 0.128. The molecule has 2 nitrogen and oxygen atoms in total. The summed E-state index contributed by atoms with van der Waals surface area (Å²) in [5.74, 6) is 0. The number of nitrogens with one attached hydrogen (secondary N) is 1. The molecule has 1 N–H and O–H groups in total. The van der Waals surface area contributed by atoms with Crippen molar-refractivity contribution in [3.8, 4) is 0 Å². The van der Waals surface area contributed by atoms with Gasteiger partial charge in [-0.1, -0.05) is 43.3 Å². The first-order valence-corrected chi connectivity index (χ1v) is 8.79. The van der Waals surface area contributed by atoms with Gasteiger partial charge in [-0.15, -0.1) is 11.3 Å². The van der Waals surface area contributed by atoms with E-state index in [0.29, 0.717) is 12.1 Å². The third-order valence-electron chi connectivity index (χ3n) is 4.43. The number of thiophene rings is 1. The largest absolute Gasteiger partial charge is 0.307 e. The molecule has 2 aromatic rings. The first kappa shape index (κ1) is 14.8. The highest BCUT2D eigenvalue weighted by Crippen LogP contribution is 2.22. The minimum atomic E-state index is 0.470. The number of nitrogens with zero attached hydrogens (tertiary/aromatic N) is 1. The molecule has 2 heterocycles. The average Bonchev–Trinajstić information content (AvgIpc) is 3.07. The maximum atomic E-state index is 3.72. The Morgan fingerprint density at radius 2 is 2.05 bits per heavy atom. The second-order valence-corrected chi connectivity index (χ2v) is 6.79. The fourth-order valence-corrected chi connectivity index (χ4v) is 3.85. The Labute approximate surface area is 131 Å². The van der Waals surface area contributed by atoms with Crippen LogP contribution in [0.1, 0.15) is 29.8 Å². The fraction of sp³-hybridized carbons (Fsp3) is 0.444. The van der Waals surface area contributed by atoms with Crippen LogP contribution in [0.2, 0.25) is 0 Å². The van der Waals surface area contributed by atoms with Crippen molar-refractivity contribution in [1.29, 1.82) is 0 Å². The summed E-state index contributed by atoms with van der Waals surface area (Å²) in [5, 5.41) is 5.90. The van der Waals surface area contributed by atoms with Crippen LogP contribution in [0.15, 0.2) is 47.8 Å². The van der Waals surface area contributed by atoms with Crippen molar-refractivity contribution in [3.05, 3.63) is 58.3 Å². The molecule has 1 aliphatic rings. The second-order valence-electron chi connectivity index (χ2n) is 5.76. The molecule has 112 valence electrons. The first-order chi connectivity index (χ1) is 10.4. The van der Waals surface area contributed by atoms with Crippen molar-refractivity contribution >= 4 is 11.3 Å². The summed E-state index contributed by atoms with van der Waals surface area (Å²) in [6, 6.07) is 16.4. The molecule has 2 unspecified atom stereocenters. The van der Waals surface area contributed by atoms with E-state index >= 15 is 0 Å². The van der Waals surface area contributed by atoms with Crippen molar-refractivity contribution in [3.63, 3.8) is 0 Å². The van der Waals surface area contributed by atoms with Gasteiger partial charge >= 0.3 is 0 Å². The highest BCUT2D eigenvalue weighted by atomic mass is 32.1. The lowest BCUT2D eigenvalue weighted by Crippen LogP contribution is -2.52. The standard InChI is InChI=1S/C18H24N2S/c1-2-16-13-19-18(15-7-4-3-5-8-15)14-20(16)11-10-17-9-6-12-21-17/h3-9,12,16,18-19H,2,10-11,13-14H2,1H3. The monoisotopic (exact) mass is 300 g/mol. The summed E-state index contributed by atoms with van der Waals surface area (Å²) in [6.07, 6.45) is 2.40. The van der Waals surface area contributed by atoms with Gasteiger partial charge in [-0.25, -0.2) is 0 Å². The Morgan fingerprint density at radius 1 is 1.19 bits per heavy atom. The van der Waals surface area contributed by atoms with Gasteiger partial charge in [0, 0.05) is 36.6 Å². The molecule has 2 atom stereocenters. The van der Waals surface area contributed by atoms with Gasteiger partial charge in [0.15, 0.2) is 0 Å². The van der Waals surface area contributed by atoms with E-state index in [0.717, 1.165) is 13.1 Å². The number of piperazine rings is 1. The predicted octanol–water partition coefficient (Wildman–Crippen LogP) is 3.72. The zero-order valence-electron chi connectivity index (χ0n) is 12.7. The number of benzene rings is 1. The Bertz CT molecular complexity index is 523. The van der Waals surface area contributed by atoms with Gasteiger partial charge < -0.3 is 5.32 Å². The molecule has 1 aliphatic heterocycles. The smallest absolute Gasteiger partial charge is 0.0449 e. The molecule has 3 heteroatoms. The molecule has 0 bridgehead atoms. The van der Waals surface area contributed by atoms with Gasteiger partial charge in [0.05, 0.1) is 0 Å². The topological polar surface area (TPSA) is 15.3 Å². The van der Waals surface area contributed by atoms with E-state index in [-0.39, 0.29) is 0 Å². The number of hydrogen-bond acceptors (Lipinski definition) is 3. The van der Waals surface area contributed by atoms with E-state index in [2.05, 4.69) is 65.0 Å². The lowest BCUT2D eigenvalue weighted by atomic mass is 10.0. The molecule has 21 heavy (non-hydrogen) atoms.